The lowest BCUT2D eigenvalue weighted by Gasteiger charge is -2.17. The molecule has 0 aromatic heterocycles. The van der Waals surface area contributed by atoms with Gasteiger partial charge in [-0.05, 0) is 26.8 Å². The molecule has 1 saturated carbocycles. The molecule has 92 valence electrons. The summed E-state index contributed by atoms with van der Waals surface area (Å²) in [6, 6.07) is -0.117. The fraction of sp³-hybridized carbons (Fsp3) is 0.818. The second-order valence-corrected chi connectivity index (χ2v) is 4.47. The minimum absolute atomic E-state index is 0.0900. The quantitative estimate of drug-likeness (QED) is 0.579. The Hall–Kier alpha value is -1.10. The van der Waals surface area contributed by atoms with E-state index in [2.05, 4.69) is 16.0 Å². The first-order valence-electron chi connectivity index (χ1n) is 5.80. The summed E-state index contributed by atoms with van der Waals surface area (Å²) in [6.07, 6.45) is 2.12. The molecule has 1 aliphatic rings. The van der Waals surface area contributed by atoms with Gasteiger partial charge in [0.25, 0.3) is 0 Å². The SMILES string of the molecule is CNCC(C)C(=O)NC(C)C(=O)NC1CC1. The molecule has 1 rings (SSSR count). The van der Waals surface area contributed by atoms with Gasteiger partial charge in [-0.1, -0.05) is 6.92 Å². The third-order valence-corrected chi connectivity index (χ3v) is 2.63. The summed E-state index contributed by atoms with van der Waals surface area (Å²) in [7, 11) is 1.80. The summed E-state index contributed by atoms with van der Waals surface area (Å²) in [6.45, 7) is 4.15. The van der Waals surface area contributed by atoms with Crippen molar-refractivity contribution >= 4 is 11.8 Å². The van der Waals surface area contributed by atoms with Crippen molar-refractivity contribution in [3.63, 3.8) is 0 Å². The van der Waals surface area contributed by atoms with Crippen LogP contribution in [0, 0.1) is 5.92 Å². The van der Waals surface area contributed by atoms with Gasteiger partial charge in [0.1, 0.15) is 6.04 Å². The van der Waals surface area contributed by atoms with Gasteiger partial charge >= 0.3 is 0 Å². The standard InChI is InChI=1S/C11H21N3O2/c1-7(6-12-3)10(15)13-8(2)11(16)14-9-4-5-9/h7-9,12H,4-6H2,1-3H3,(H,13,15)(H,14,16). The first-order valence-corrected chi connectivity index (χ1v) is 5.80. The maximum Gasteiger partial charge on any atom is 0.242 e. The van der Waals surface area contributed by atoms with Crippen molar-refractivity contribution in [2.45, 2.75) is 38.8 Å². The maximum atomic E-state index is 11.6. The van der Waals surface area contributed by atoms with Crippen LogP contribution in [0.15, 0.2) is 0 Å². The van der Waals surface area contributed by atoms with E-state index in [0.29, 0.717) is 12.6 Å². The Morgan fingerprint density at radius 2 is 1.88 bits per heavy atom. The van der Waals surface area contributed by atoms with Crippen LogP contribution >= 0.6 is 0 Å². The molecule has 5 heteroatoms. The molecule has 1 fully saturated rings. The van der Waals surface area contributed by atoms with Crippen LogP contribution in [0.5, 0.6) is 0 Å². The van der Waals surface area contributed by atoms with Gasteiger partial charge in [0, 0.05) is 18.5 Å². The number of rotatable bonds is 6. The van der Waals surface area contributed by atoms with Crippen LogP contribution in [0.2, 0.25) is 0 Å². The Kier molecular flexibility index (Phi) is 4.73. The van der Waals surface area contributed by atoms with Crippen molar-refractivity contribution in [1.29, 1.82) is 0 Å². The molecule has 0 aliphatic heterocycles. The highest BCUT2D eigenvalue weighted by Gasteiger charge is 2.26. The number of hydrogen-bond donors (Lipinski definition) is 3. The van der Waals surface area contributed by atoms with E-state index in [1.807, 2.05) is 6.92 Å². The molecule has 0 radical (unpaired) electrons. The van der Waals surface area contributed by atoms with Gasteiger partial charge in [-0.3, -0.25) is 9.59 Å². The summed E-state index contributed by atoms with van der Waals surface area (Å²) in [5.41, 5.74) is 0. The van der Waals surface area contributed by atoms with E-state index in [1.54, 1.807) is 14.0 Å². The van der Waals surface area contributed by atoms with Gasteiger partial charge in [0.2, 0.25) is 11.8 Å². The van der Waals surface area contributed by atoms with Gasteiger partial charge in [0.05, 0.1) is 0 Å². The van der Waals surface area contributed by atoms with Gasteiger partial charge in [-0.15, -0.1) is 0 Å². The third-order valence-electron chi connectivity index (χ3n) is 2.63. The van der Waals surface area contributed by atoms with Crippen LogP contribution in [0.3, 0.4) is 0 Å². The molecule has 0 heterocycles. The zero-order valence-electron chi connectivity index (χ0n) is 10.2. The van der Waals surface area contributed by atoms with Crippen LogP contribution < -0.4 is 16.0 Å². The molecule has 3 N–H and O–H groups in total. The first-order chi connectivity index (χ1) is 7.54. The molecule has 0 spiro atoms. The highest BCUT2D eigenvalue weighted by Crippen LogP contribution is 2.18. The number of carbonyl (C=O) groups is 2. The lowest BCUT2D eigenvalue weighted by atomic mass is 10.1. The topological polar surface area (TPSA) is 70.2 Å². The molecule has 0 aromatic carbocycles. The van der Waals surface area contributed by atoms with Crippen molar-refractivity contribution in [2.24, 2.45) is 5.92 Å². The first kappa shape index (κ1) is 13.0. The summed E-state index contributed by atoms with van der Waals surface area (Å²) in [5, 5.41) is 8.50. The van der Waals surface area contributed by atoms with Gasteiger partial charge in [-0.2, -0.15) is 0 Å². The second kappa shape index (κ2) is 5.84. The normalized spacial score (nSPS) is 18.7. The summed E-state index contributed by atoms with van der Waals surface area (Å²) < 4.78 is 0. The van der Waals surface area contributed by atoms with E-state index >= 15 is 0 Å². The largest absolute Gasteiger partial charge is 0.352 e. The zero-order chi connectivity index (χ0) is 12.1. The van der Waals surface area contributed by atoms with Crippen molar-refractivity contribution in [3.8, 4) is 0 Å². The lowest BCUT2D eigenvalue weighted by Crippen LogP contribution is -2.47. The number of carbonyl (C=O) groups excluding carboxylic acids is 2. The van der Waals surface area contributed by atoms with Gasteiger partial charge in [0.15, 0.2) is 0 Å². The van der Waals surface area contributed by atoms with Crippen molar-refractivity contribution in [1.82, 2.24) is 16.0 Å². The molecule has 2 unspecified atom stereocenters. The van der Waals surface area contributed by atoms with E-state index in [1.165, 1.54) is 0 Å². The second-order valence-electron chi connectivity index (χ2n) is 4.47. The Morgan fingerprint density at radius 3 is 2.38 bits per heavy atom. The molecule has 5 nitrogen and oxygen atoms in total. The van der Waals surface area contributed by atoms with Gasteiger partial charge in [-0.25, -0.2) is 0 Å². The number of amides is 2. The molecular weight excluding hydrogens is 206 g/mol. The maximum absolute atomic E-state index is 11.6. The van der Waals surface area contributed by atoms with E-state index in [0.717, 1.165) is 12.8 Å². The minimum Gasteiger partial charge on any atom is -0.352 e. The molecule has 1 aliphatic carbocycles. The predicted molar refractivity (Wildman–Crippen MR) is 61.9 cm³/mol. The molecule has 0 aromatic rings. The summed E-state index contributed by atoms with van der Waals surface area (Å²) in [4.78, 5) is 23.2. The van der Waals surface area contributed by atoms with Crippen molar-refractivity contribution < 1.29 is 9.59 Å². The molecule has 2 atom stereocenters. The average Bonchev–Trinajstić information content (AvgIpc) is 3.01. The van der Waals surface area contributed by atoms with Crippen LogP contribution in [0.4, 0.5) is 0 Å². The van der Waals surface area contributed by atoms with Crippen molar-refractivity contribution in [3.05, 3.63) is 0 Å². The lowest BCUT2D eigenvalue weighted by molar-refractivity contribution is -0.130. The molecular formula is C11H21N3O2. The van der Waals surface area contributed by atoms with Crippen LogP contribution in [0.25, 0.3) is 0 Å². The van der Waals surface area contributed by atoms with Crippen LogP contribution in [-0.2, 0) is 9.59 Å². The molecule has 0 bridgehead atoms. The Morgan fingerprint density at radius 1 is 1.25 bits per heavy atom. The van der Waals surface area contributed by atoms with E-state index in [-0.39, 0.29) is 17.7 Å². The van der Waals surface area contributed by atoms with E-state index < -0.39 is 6.04 Å². The zero-order valence-corrected chi connectivity index (χ0v) is 10.2. The number of hydrogen-bond acceptors (Lipinski definition) is 3. The monoisotopic (exact) mass is 227 g/mol. The predicted octanol–water partition coefficient (Wildman–Crippen LogP) is -0.375. The summed E-state index contributed by atoms with van der Waals surface area (Å²) >= 11 is 0. The average molecular weight is 227 g/mol. The Bertz CT molecular complexity index is 264. The summed E-state index contributed by atoms with van der Waals surface area (Å²) in [5.74, 6) is -0.304. The van der Waals surface area contributed by atoms with Crippen LogP contribution in [0.1, 0.15) is 26.7 Å². The van der Waals surface area contributed by atoms with Gasteiger partial charge < -0.3 is 16.0 Å². The number of nitrogens with one attached hydrogen (secondary N) is 3. The van der Waals surface area contributed by atoms with Crippen molar-refractivity contribution in [2.75, 3.05) is 13.6 Å². The Balaban J connectivity index is 2.28. The molecule has 2 amide bonds. The fourth-order valence-electron chi connectivity index (χ4n) is 1.37. The third kappa shape index (κ3) is 4.18. The molecule has 0 saturated heterocycles. The highest BCUT2D eigenvalue weighted by atomic mass is 16.2. The Labute approximate surface area is 96.4 Å². The fourth-order valence-corrected chi connectivity index (χ4v) is 1.37. The van der Waals surface area contributed by atoms with Crippen LogP contribution in [-0.4, -0.2) is 37.5 Å². The van der Waals surface area contributed by atoms with E-state index in [4.69, 9.17) is 0 Å². The highest BCUT2D eigenvalue weighted by molar-refractivity contribution is 5.88. The molecule has 16 heavy (non-hydrogen) atoms. The smallest absolute Gasteiger partial charge is 0.242 e. The van der Waals surface area contributed by atoms with E-state index in [9.17, 15) is 9.59 Å². The minimum atomic E-state index is -0.451.